The van der Waals surface area contributed by atoms with Crippen LogP contribution >= 0.6 is 0 Å². The number of rotatable bonds is 0. The molecule has 0 heteroatoms. The van der Waals surface area contributed by atoms with Crippen LogP contribution in [0.15, 0.2) is 121 Å². The molecule has 0 fully saturated rings. The Bertz CT molecular complexity index is 1450. The smallest absolute Gasteiger partial charge is 0.0181 e. The Morgan fingerprint density at radius 3 is 0.675 bits per heavy atom. The van der Waals surface area contributed by atoms with Gasteiger partial charge in [-0.1, -0.05) is 166 Å². The molecule has 0 saturated carbocycles. The molecule has 0 saturated heterocycles. The Hall–Kier alpha value is -4.16. The third-order valence-corrected chi connectivity index (χ3v) is 6.69. The summed E-state index contributed by atoms with van der Waals surface area (Å²) in [5.41, 5.74) is 10.6. The number of hydrogen-bond acceptors (Lipinski definition) is 0. The van der Waals surface area contributed by atoms with Gasteiger partial charge < -0.3 is 0 Å². The van der Waals surface area contributed by atoms with Crippen LogP contribution in [0, 0.1) is 55.4 Å². The molecule has 204 valence electrons. The zero-order chi connectivity index (χ0) is 29.1. The summed E-state index contributed by atoms with van der Waals surface area (Å²) in [7, 11) is 0. The van der Waals surface area contributed by atoms with Crippen molar-refractivity contribution in [1.29, 1.82) is 0 Å². The molecule has 0 radical (unpaired) electrons. The second-order valence-corrected chi connectivity index (χ2v) is 11.0. The van der Waals surface area contributed by atoms with E-state index >= 15 is 0 Å². The maximum atomic E-state index is 2.22. The Balaban J connectivity index is 0.000000150. The van der Waals surface area contributed by atoms with Gasteiger partial charge in [-0.25, -0.2) is 0 Å². The third-order valence-electron chi connectivity index (χ3n) is 6.69. The average molecular weight is 525 g/mol. The maximum Gasteiger partial charge on any atom is -0.0181 e. The highest BCUT2D eigenvalue weighted by Gasteiger charge is 1.94. The standard InChI is InChI=1S/2C12H12.2C8H10/c2*1-9-3-5-12-8-10(2)4-6-11(12)7-9;1-7-3-5-8(2)6-4-7;1-7-4-3-5-8(2)6-7/h2*3-8H,1-2H3;2*3-6H,1-2H3. The Labute approximate surface area is 242 Å². The lowest BCUT2D eigenvalue weighted by Gasteiger charge is -1.99. The molecule has 0 heterocycles. The van der Waals surface area contributed by atoms with Gasteiger partial charge in [0.25, 0.3) is 0 Å². The van der Waals surface area contributed by atoms with E-state index in [4.69, 9.17) is 0 Å². The molecule has 40 heavy (non-hydrogen) atoms. The quantitative estimate of drug-likeness (QED) is 0.185. The average Bonchev–Trinajstić information content (AvgIpc) is 2.92. The Morgan fingerprint density at radius 2 is 0.450 bits per heavy atom. The number of hydrogen-bond donors (Lipinski definition) is 0. The molecule has 6 aromatic rings. The van der Waals surface area contributed by atoms with Crippen molar-refractivity contribution in [2.24, 2.45) is 0 Å². The van der Waals surface area contributed by atoms with Gasteiger partial charge in [-0.3, -0.25) is 0 Å². The van der Waals surface area contributed by atoms with Crippen molar-refractivity contribution in [2.45, 2.75) is 55.4 Å². The van der Waals surface area contributed by atoms with Crippen LogP contribution in [-0.4, -0.2) is 0 Å². The van der Waals surface area contributed by atoms with Crippen LogP contribution in [0.2, 0.25) is 0 Å². The normalized spacial score (nSPS) is 10.0. The first kappa shape index (κ1) is 30.4. The van der Waals surface area contributed by atoms with Gasteiger partial charge in [0.05, 0.1) is 0 Å². The minimum Gasteiger partial charge on any atom is -0.0617 e. The molecule has 0 N–H and O–H groups in total. The molecular weight excluding hydrogens is 480 g/mol. The van der Waals surface area contributed by atoms with Crippen molar-refractivity contribution in [1.82, 2.24) is 0 Å². The number of aryl methyl sites for hydroxylation is 8. The Morgan fingerprint density at radius 1 is 0.225 bits per heavy atom. The molecule has 0 nitrogen and oxygen atoms in total. The van der Waals surface area contributed by atoms with Crippen LogP contribution < -0.4 is 0 Å². The highest BCUT2D eigenvalue weighted by molar-refractivity contribution is 5.84. The molecular formula is C40H44. The number of fused-ring (bicyclic) bond motifs is 2. The SMILES string of the molecule is Cc1ccc(C)cc1.Cc1ccc2cc(C)ccc2c1.Cc1ccc2cc(C)ccc2c1.Cc1cccc(C)c1. The summed E-state index contributed by atoms with van der Waals surface area (Å²) >= 11 is 0. The second kappa shape index (κ2) is 14.8. The lowest BCUT2D eigenvalue weighted by Crippen LogP contribution is -1.76. The van der Waals surface area contributed by atoms with Crippen LogP contribution in [-0.2, 0) is 0 Å². The highest BCUT2D eigenvalue weighted by atomic mass is 14.0. The molecule has 6 aromatic carbocycles. The van der Waals surface area contributed by atoms with E-state index in [1.165, 1.54) is 66.1 Å². The molecule has 0 aliphatic rings. The molecule has 0 bridgehead atoms. The second-order valence-electron chi connectivity index (χ2n) is 11.0. The fourth-order valence-electron chi connectivity index (χ4n) is 4.41. The van der Waals surface area contributed by atoms with E-state index in [1.54, 1.807) is 0 Å². The zero-order valence-corrected chi connectivity index (χ0v) is 25.5. The maximum absolute atomic E-state index is 2.22. The first-order valence-electron chi connectivity index (χ1n) is 14.1. The van der Waals surface area contributed by atoms with Crippen molar-refractivity contribution >= 4 is 21.5 Å². The summed E-state index contributed by atoms with van der Waals surface area (Å²) in [5.74, 6) is 0. The molecule has 0 amide bonds. The van der Waals surface area contributed by atoms with E-state index in [1.807, 2.05) is 0 Å². The fraction of sp³-hybridized carbons (Fsp3) is 0.200. The van der Waals surface area contributed by atoms with Gasteiger partial charge in [-0.2, -0.15) is 0 Å². The van der Waals surface area contributed by atoms with Crippen molar-refractivity contribution in [3.05, 3.63) is 166 Å². The van der Waals surface area contributed by atoms with Gasteiger partial charge >= 0.3 is 0 Å². The van der Waals surface area contributed by atoms with E-state index in [0.717, 1.165) is 0 Å². The minimum absolute atomic E-state index is 1.33. The van der Waals surface area contributed by atoms with E-state index in [2.05, 4.69) is 177 Å². The molecule has 0 unspecified atom stereocenters. The van der Waals surface area contributed by atoms with Crippen molar-refractivity contribution in [2.75, 3.05) is 0 Å². The predicted octanol–water partition coefficient (Wildman–Crippen LogP) is 11.5. The summed E-state index contributed by atoms with van der Waals surface area (Å²) in [6.07, 6.45) is 0. The van der Waals surface area contributed by atoms with E-state index < -0.39 is 0 Å². The fourth-order valence-corrected chi connectivity index (χ4v) is 4.41. The first-order chi connectivity index (χ1) is 19.1. The lowest BCUT2D eigenvalue weighted by molar-refractivity contribution is 1.39. The lowest BCUT2D eigenvalue weighted by atomic mass is 10.1. The van der Waals surface area contributed by atoms with Crippen LogP contribution in [0.4, 0.5) is 0 Å². The van der Waals surface area contributed by atoms with Gasteiger partial charge in [-0.05, 0) is 76.9 Å². The topological polar surface area (TPSA) is 0 Å². The van der Waals surface area contributed by atoms with Crippen LogP contribution in [0.3, 0.4) is 0 Å². The monoisotopic (exact) mass is 524 g/mol. The Kier molecular flexibility index (Phi) is 11.3. The molecule has 0 aliphatic carbocycles. The van der Waals surface area contributed by atoms with E-state index in [0.29, 0.717) is 0 Å². The largest absolute Gasteiger partial charge is 0.0617 e. The first-order valence-corrected chi connectivity index (χ1v) is 14.1. The summed E-state index contributed by atoms with van der Waals surface area (Å²) in [6, 6.07) is 43.1. The zero-order valence-electron chi connectivity index (χ0n) is 25.5. The van der Waals surface area contributed by atoms with Crippen molar-refractivity contribution in [3.63, 3.8) is 0 Å². The van der Waals surface area contributed by atoms with E-state index in [-0.39, 0.29) is 0 Å². The van der Waals surface area contributed by atoms with Gasteiger partial charge in [-0.15, -0.1) is 0 Å². The van der Waals surface area contributed by atoms with Crippen LogP contribution in [0.25, 0.3) is 21.5 Å². The van der Waals surface area contributed by atoms with Gasteiger partial charge in [0.2, 0.25) is 0 Å². The van der Waals surface area contributed by atoms with Crippen LogP contribution in [0.5, 0.6) is 0 Å². The van der Waals surface area contributed by atoms with Crippen LogP contribution in [0.1, 0.15) is 44.5 Å². The molecule has 0 aliphatic heterocycles. The summed E-state index contributed by atoms with van der Waals surface area (Å²) in [4.78, 5) is 0. The van der Waals surface area contributed by atoms with Gasteiger partial charge in [0.1, 0.15) is 0 Å². The van der Waals surface area contributed by atoms with Gasteiger partial charge in [0, 0.05) is 0 Å². The molecule has 6 rings (SSSR count). The molecule has 0 spiro atoms. The predicted molar refractivity (Wildman–Crippen MR) is 179 cm³/mol. The highest BCUT2D eigenvalue weighted by Crippen LogP contribution is 2.18. The summed E-state index contributed by atoms with van der Waals surface area (Å²) in [5, 5.41) is 5.34. The minimum atomic E-state index is 1.33. The third kappa shape index (κ3) is 10.2. The van der Waals surface area contributed by atoms with Crippen molar-refractivity contribution < 1.29 is 0 Å². The summed E-state index contributed by atoms with van der Waals surface area (Å²) < 4.78 is 0. The van der Waals surface area contributed by atoms with E-state index in [9.17, 15) is 0 Å². The number of benzene rings is 6. The van der Waals surface area contributed by atoms with Gasteiger partial charge in [0.15, 0.2) is 0 Å². The van der Waals surface area contributed by atoms with Crippen molar-refractivity contribution in [3.8, 4) is 0 Å². The summed E-state index contributed by atoms with van der Waals surface area (Å²) in [6.45, 7) is 16.9. The molecule has 0 aromatic heterocycles. The molecule has 0 atom stereocenters.